The highest BCUT2D eigenvalue weighted by atomic mass is 32.2. The fraction of sp³-hybridized carbons (Fsp3) is 0. The normalized spacial score (nSPS) is 21.1. The van der Waals surface area contributed by atoms with Gasteiger partial charge in [-0.05, 0) is 6.07 Å². The molecule has 0 aliphatic carbocycles. The maximum atomic E-state index is 11.4. The summed E-state index contributed by atoms with van der Waals surface area (Å²) >= 11 is 0. The Kier molecular flexibility index (Phi) is 1.68. The minimum atomic E-state index is -3.98. The lowest BCUT2D eigenvalue weighted by molar-refractivity contribution is -0.106. The van der Waals surface area contributed by atoms with E-state index < -0.39 is 20.7 Å². The second-order valence-corrected chi connectivity index (χ2v) is 4.55. The summed E-state index contributed by atoms with van der Waals surface area (Å²) in [4.78, 5) is 11.1. The van der Waals surface area contributed by atoms with E-state index in [0.717, 1.165) is 0 Å². The zero-order valence-electron chi connectivity index (χ0n) is 6.84. The van der Waals surface area contributed by atoms with Gasteiger partial charge in [0.25, 0.3) is 0 Å². The molecular formula is C8H5NO4S. The summed E-state index contributed by atoms with van der Waals surface area (Å²) in [6.07, 6.45) is 0. The Morgan fingerprint density at radius 1 is 1.21 bits per heavy atom. The predicted octanol–water partition coefficient (Wildman–Crippen LogP) is 0.179. The van der Waals surface area contributed by atoms with Crippen molar-refractivity contribution in [2.45, 2.75) is 4.90 Å². The van der Waals surface area contributed by atoms with Crippen molar-refractivity contribution in [3.8, 4) is 0 Å². The zero-order chi connectivity index (χ0) is 10.3. The third kappa shape index (κ3) is 0.912. The van der Waals surface area contributed by atoms with Gasteiger partial charge in [-0.3, -0.25) is 4.79 Å². The molecule has 1 aromatic rings. The van der Waals surface area contributed by atoms with E-state index in [1.807, 2.05) is 0 Å². The summed E-state index contributed by atoms with van der Waals surface area (Å²) in [5.74, 6) is 0. The molecule has 1 aliphatic rings. The topological polar surface area (TPSA) is 83.8 Å². The lowest BCUT2D eigenvalue weighted by Gasteiger charge is -1.92. The molecule has 0 radical (unpaired) electrons. The molecule has 1 aliphatic heterocycles. The largest absolute Gasteiger partial charge is 0.410 e. The predicted molar refractivity (Wildman–Crippen MR) is 47.0 cm³/mol. The summed E-state index contributed by atoms with van der Waals surface area (Å²) in [7, 11) is -3.98. The molecule has 0 spiro atoms. The molecule has 0 saturated heterocycles. The van der Waals surface area contributed by atoms with Gasteiger partial charge in [-0.2, -0.15) is 0 Å². The van der Waals surface area contributed by atoms with Crippen LogP contribution in [0.15, 0.2) is 34.3 Å². The summed E-state index contributed by atoms with van der Waals surface area (Å²) in [6.45, 7) is 0. The van der Waals surface area contributed by atoms with Crippen molar-refractivity contribution in [2.75, 3.05) is 0 Å². The van der Waals surface area contributed by atoms with E-state index in [0.29, 0.717) is 0 Å². The molecule has 0 fully saturated rings. The standard InChI is InChI=1S/C8H5NO4S/c10-8-7(9-11)5-3-1-2-4-6(5)14(8,12)13/h1-4,11H. The Bertz CT molecular complexity index is 544. The van der Waals surface area contributed by atoms with Crippen molar-refractivity contribution < 1.29 is 18.4 Å². The molecule has 14 heavy (non-hydrogen) atoms. The molecule has 0 saturated carbocycles. The van der Waals surface area contributed by atoms with Gasteiger partial charge < -0.3 is 5.21 Å². The van der Waals surface area contributed by atoms with Crippen LogP contribution in [0.25, 0.3) is 0 Å². The third-order valence-corrected chi connectivity index (χ3v) is 3.59. The molecule has 0 amide bonds. The lowest BCUT2D eigenvalue weighted by atomic mass is 10.1. The number of carbonyl (C=O) groups is 1. The number of nitrogens with zero attached hydrogens (tertiary/aromatic N) is 1. The molecule has 0 aromatic heterocycles. The molecule has 1 heterocycles. The van der Waals surface area contributed by atoms with Crippen LogP contribution in [-0.2, 0) is 14.6 Å². The van der Waals surface area contributed by atoms with Crippen LogP contribution in [0.5, 0.6) is 0 Å². The van der Waals surface area contributed by atoms with E-state index in [4.69, 9.17) is 5.21 Å². The fourth-order valence-electron chi connectivity index (χ4n) is 1.33. The van der Waals surface area contributed by atoms with Crippen LogP contribution in [0, 0.1) is 0 Å². The number of carbonyl (C=O) groups excluding carboxylic acids is 1. The van der Waals surface area contributed by atoms with Crippen LogP contribution >= 0.6 is 0 Å². The van der Waals surface area contributed by atoms with Crippen molar-refractivity contribution in [3.05, 3.63) is 29.8 Å². The highest BCUT2D eigenvalue weighted by Crippen LogP contribution is 2.26. The highest BCUT2D eigenvalue weighted by molar-refractivity contribution is 8.09. The molecular weight excluding hydrogens is 206 g/mol. The van der Waals surface area contributed by atoms with E-state index in [9.17, 15) is 13.2 Å². The van der Waals surface area contributed by atoms with Gasteiger partial charge in [0.2, 0.25) is 9.84 Å². The Morgan fingerprint density at radius 3 is 2.50 bits per heavy atom. The van der Waals surface area contributed by atoms with Crippen molar-refractivity contribution in [3.63, 3.8) is 0 Å². The van der Waals surface area contributed by atoms with Crippen LogP contribution in [0.2, 0.25) is 0 Å². The van der Waals surface area contributed by atoms with Gasteiger partial charge in [0, 0.05) is 5.56 Å². The van der Waals surface area contributed by atoms with Crippen molar-refractivity contribution in [1.82, 2.24) is 0 Å². The summed E-state index contributed by atoms with van der Waals surface area (Å²) in [5, 5.41) is 10.1. The molecule has 5 nitrogen and oxygen atoms in total. The van der Waals surface area contributed by atoms with Gasteiger partial charge in [-0.15, -0.1) is 0 Å². The minimum Gasteiger partial charge on any atom is -0.410 e. The monoisotopic (exact) mass is 211 g/mol. The minimum absolute atomic E-state index is 0.0993. The first kappa shape index (κ1) is 8.89. The molecule has 72 valence electrons. The number of benzene rings is 1. The molecule has 6 heteroatoms. The van der Waals surface area contributed by atoms with Crippen molar-refractivity contribution >= 4 is 20.7 Å². The Labute approximate surface area is 79.6 Å². The number of hydrogen-bond donors (Lipinski definition) is 1. The first-order chi connectivity index (χ1) is 6.59. The number of oxime groups is 1. The lowest BCUT2D eigenvalue weighted by Crippen LogP contribution is -2.15. The van der Waals surface area contributed by atoms with E-state index in [1.54, 1.807) is 6.07 Å². The van der Waals surface area contributed by atoms with Crippen molar-refractivity contribution in [2.24, 2.45) is 5.16 Å². The van der Waals surface area contributed by atoms with E-state index >= 15 is 0 Å². The van der Waals surface area contributed by atoms with Crippen LogP contribution in [0.4, 0.5) is 0 Å². The maximum Gasteiger partial charge on any atom is 0.303 e. The average molecular weight is 211 g/mol. The number of fused-ring (bicyclic) bond motifs is 1. The van der Waals surface area contributed by atoms with Crippen LogP contribution in [0.3, 0.4) is 0 Å². The SMILES string of the molecule is O=C1C(=NO)c2ccccc2S1(=O)=O. The van der Waals surface area contributed by atoms with Crippen LogP contribution in [0.1, 0.15) is 5.56 Å². The van der Waals surface area contributed by atoms with E-state index in [1.165, 1.54) is 18.2 Å². The van der Waals surface area contributed by atoms with Gasteiger partial charge in [0.1, 0.15) is 0 Å². The average Bonchev–Trinajstić information content (AvgIpc) is 2.37. The van der Waals surface area contributed by atoms with E-state index in [-0.39, 0.29) is 10.5 Å². The Hall–Kier alpha value is -1.69. The van der Waals surface area contributed by atoms with Gasteiger partial charge in [-0.1, -0.05) is 23.4 Å². The summed E-state index contributed by atoms with van der Waals surface area (Å²) < 4.78 is 22.8. The second-order valence-electron chi connectivity index (χ2n) is 2.74. The van der Waals surface area contributed by atoms with Gasteiger partial charge >= 0.3 is 5.12 Å². The van der Waals surface area contributed by atoms with Gasteiger partial charge in [0.05, 0.1) is 4.90 Å². The van der Waals surface area contributed by atoms with Gasteiger partial charge in [-0.25, -0.2) is 8.42 Å². The fourth-order valence-corrected chi connectivity index (χ4v) is 2.65. The third-order valence-electron chi connectivity index (χ3n) is 1.97. The summed E-state index contributed by atoms with van der Waals surface area (Å²) in [6, 6.07) is 5.80. The molecule has 2 rings (SSSR count). The Morgan fingerprint density at radius 2 is 1.86 bits per heavy atom. The summed E-state index contributed by atoms with van der Waals surface area (Å²) in [5.41, 5.74) is -0.263. The zero-order valence-corrected chi connectivity index (χ0v) is 7.65. The molecule has 0 bridgehead atoms. The van der Waals surface area contributed by atoms with E-state index in [2.05, 4.69) is 5.16 Å². The molecule has 0 unspecified atom stereocenters. The first-order valence-electron chi connectivity index (χ1n) is 3.70. The first-order valence-corrected chi connectivity index (χ1v) is 5.18. The maximum absolute atomic E-state index is 11.4. The smallest absolute Gasteiger partial charge is 0.303 e. The molecule has 1 N–H and O–H groups in total. The van der Waals surface area contributed by atoms with Crippen LogP contribution in [-0.4, -0.2) is 24.5 Å². The number of hydrogen-bond acceptors (Lipinski definition) is 5. The van der Waals surface area contributed by atoms with Crippen molar-refractivity contribution in [1.29, 1.82) is 0 Å². The molecule has 1 aromatic carbocycles. The highest BCUT2D eigenvalue weighted by Gasteiger charge is 2.41. The quantitative estimate of drug-likeness (QED) is 0.490. The van der Waals surface area contributed by atoms with Gasteiger partial charge in [0.15, 0.2) is 5.71 Å². The van der Waals surface area contributed by atoms with Crippen LogP contribution < -0.4 is 0 Å². The number of rotatable bonds is 0. The Balaban J connectivity index is 2.89. The molecule has 0 atom stereocenters. The second kappa shape index (κ2) is 2.65. The number of sulfone groups is 1.